The summed E-state index contributed by atoms with van der Waals surface area (Å²) in [5.41, 5.74) is 0. The fourth-order valence-electron chi connectivity index (χ4n) is 2.48. The van der Waals surface area contributed by atoms with Crippen molar-refractivity contribution in [3.63, 3.8) is 0 Å². The Morgan fingerprint density at radius 3 is 2.29 bits per heavy atom. The van der Waals surface area contributed by atoms with Gasteiger partial charge in [0.2, 0.25) is 5.91 Å². The third-order valence-corrected chi connectivity index (χ3v) is 3.86. The summed E-state index contributed by atoms with van der Waals surface area (Å²) in [5.74, 6) is 0.533. The molecule has 140 valence electrons. The molecule has 8 heteroatoms. The third-order valence-electron chi connectivity index (χ3n) is 3.86. The van der Waals surface area contributed by atoms with Gasteiger partial charge in [-0.25, -0.2) is 4.79 Å². The average molecular weight is 453 g/mol. The molecule has 7 nitrogen and oxygen atoms in total. The first-order valence-corrected chi connectivity index (χ1v) is 8.71. The molecule has 0 atom stereocenters. The number of imide groups is 1. The molecule has 1 saturated heterocycles. The molecule has 1 heterocycles. The zero-order valence-corrected chi connectivity index (χ0v) is 17.2. The standard InChI is InChI=1S/C16H31N5O2.HI/c1-3-4-5-6-7-8-9-10-18-15(17-2)19-11-12-21-14(22)13-20-16(21)23;/h3-13H2,1-2H3,(H,20,23)(H2,17,18,19);1H. The first kappa shape index (κ1) is 22.9. The first-order valence-electron chi connectivity index (χ1n) is 8.71. The molecule has 0 aromatic carbocycles. The lowest BCUT2D eigenvalue weighted by Gasteiger charge is -2.15. The summed E-state index contributed by atoms with van der Waals surface area (Å²) in [5, 5.41) is 8.88. The van der Waals surface area contributed by atoms with Gasteiger partial charge < -0.3 is 16.0 Å². The Hall–Kier alpha value is -1.06. The van der Waals surface area contributed by atoms with Gasteiger partial charge in [-0.3, -0.25) is 14.7 Å². The van der Waals surface area contributed by atoms with Crippen molar-refractivity contribution in [2.24, 2.45) is 4.99 Å². The molecule has 0 bridgehead atoms. The number of carbonyl (C=O) groups is 2. The van der Waals surface area contributed by atoms with E-state index in [2.05, 4.69) is 27.9 Å². The molecule has 0 unspecified atom stereocenters. The molecule has 3 amide bonds. The summed E-state index contributed by atoms with van der Waals surface area (Å²) in [6.07, 6.45) is 8.94. The fourth-order valence-corrected chi connectivity index (χ4v) is 2.48. The summed E-state index contributed by atoms with van der Waals surface area (Å²) in [4.78, 5) is 28.2. The largest absolute Gasteiger partial charge is 0.356 e. The van der Waals surface area contributed by atoms with E-state index in [0.29, 0.717) is 19.0 Å². The minimum Gasteiger partial charge on any atom is -0.356 e. The van der Waals surface area contributed by atoms with E-state index in [0.717, 1.165) is 13.0 Å². The third kappa shape index (κ3) is 9.29. The number of halogens is 1. The van der Waals surface area contributed by atoms with E-state index < -0.39 is 0 Å². The maximum Gasteiger partial charge on any atom is 0.324 e. The van der Waals surface area contributed by atoms with Gasteiger partial charge >= 0.3 is 6.03 Å². The summed E-state index contributed by atoms with van der Waals surface area (Å²) in [6.45, 7) is 4.06. The summed E-state index contributed by atoms with van der Waals surface area (Å²) >= 11 is 0. The number of hydrogen-bond acceptors (Lipinski definition) is 3. The van der Waals surface area contributed by atoms with Crippen LogP contribution in [0, 0.1) is 0 Å². The molecule has 0 radical (unpaired) electrons. The van der Waals surface area contributed by atoms with Crippen LogP contribution in [0.3, 0.4) is 0 Å². The molecule has 1 fully saturated rings. The molecule has 3 N–H and O–H groups in total. The van der Waals surface area contributed by atoms with Gasteiger partial charge in [-0.05, 0) is 6.42 Å². The number of nitrogens with one attached hydrogen (secondary N) is 3. The number of nitrogens with zero attached hydrogens (tertiary/aromatic N) is 2. The first-order chi connectivity index (χ1) is 11.2. The predicted octanol–water partition coefficient (Wildman–Crippen LogP) is 2.07. The van der Waals surface area contributed by atoms with Crippen LogP contribution in [0.1, 0.15) is 51.9 Å². The highest BCUT2D eigenvalue weighted by Gasteiger charge is 2.27. The molecule has 24 heavy (non-hydrogen) atoms. The molecule has 1 rings (SSSR count). The van der Waals surface area contributed by atoms with Crippen molar-refractivity contribution in [1.29, 1.82) is 0 Å². The molecule has 0 aromatic rings. The van der Waals surface area contributed by atoms with Gasteiger partial charge in [-0.1, -0.05) is 45.4 Å². The van der Waals surface area contributed by atoms with Crippen LogP contribution in [0.15, 0.2) is 4.99 Å². The highest BCUT2D eigenvalue weighted by molar-refractivity contribution is 14.0. The van der Waals surface area contributed by atoms with E-state index in [1.807, 2.05) is 0 Å². The molecule has 0 saturated carbocycles. The second-order valence-corrected chi connectivity index (χ2v) is 5.75. The number of unbranched alkanes of at least 4 members (excludes halogenated alkanes) is 6. The zero-order chi connectivity index (χ0) is 16.9. The monoisotopic (exact) mass is 453 g/mol. The van der Waals surface area contributed by atoms with Crippen molar-refractivity contribution in [2.75, 3.05) is 33.2 Å². The van der Waals surface area contributed by atoms with E-state index in [1.165, 1.54) is 43.4 Å². The summed E-state index contributed by atoms with van der Waals surface area (Å²) in [7, 11) is 1.72. The average Bonchev–Trinajstić information content (AvgIpc) is 2.87. The smallest absolute Gasteiger partial charge is 0.324 e. The Bertz CT molecular complexity index is 388. The molecule has 0 spiro atoms. The Morgan fingerprint density at radius 2 is 1.71 bits per heavy atom. The number of aliphatic imine (C=N–C) groups is 1. The van der Waals surface area contributed by atoms with Crippen LogP contribution in [0.5, 0.6) is 0 Å². The molecular weight excluding hydrogens is 421 g/mol. The topological polar surface area (TPSA) is 85.8 Å². The minimum absolute atomic E-state index is 0. The molecule has 1 aliphatic heterocycles. The fraction of sp³-hybridized carbons (Fsp3) is 0.812. The molecule has 0 aromatic heterocycles. The lowest BCUT2D eigenvalue weighted by molar-refractivity contribution is -0.124. The van der Waals surface area contributed by atoms with Gasteiger partial charge in [0.15, 0.2) is 5.96 Å². The van der Waals surface area contributed by atoms with Crippen molar-refractivity contribution in [3.8, 4) is 0 Å². The molecule has 0 aliphatic carbocycles. The van der Waals surface area contributed by atoms with Gasteiger partial charge in [0, 0.05) is 26.7 Å². The van der Waals surface area contributed by atoms with Crippen LogP contribution >= 0.6 is 24.0 Å². The number of urea groups is 1. The predicted molar refractivity (Wildman–Crippen MR) is 108 cm³/mol. The summed E-state index contributed by atoms with van der Waals surface area (Å²) < 4.78 is 0. The second-order valence-electron chi connectivity index (χ2n) is 5.75. The zero-order valence-electron chi connectivity index (χ0n) is 14.9. The normalized spacial score (nSPS) is 14.4. The van der Waals surface area contributed by atoms with Crippen LogP contribution in [-0.2, 0) is 4.79 Å². The van der Waals surface area contributed by atoms with Gasteiger partial charge in [0.1, 0.15) is 0 Å². The number of carbonyl (C=O) groups excluding carboxylic acids is 2. The maximum absolute atomic E-state index is 11.4. The second kappa shape index (κ2) is 14.3. The van der Waals surface area contributed by atoms with Crippen molar-refractivity contribution in [3.05, 3.63) is 0 Å². The number of rotatable bonds is 11. The Balaban J connectivity index is 0.00000529. The van der Waals surface area contributed by atoms with Crippen LogP contribution in [0.25, 0.3) is 0 Å². The quantitative estimate of drug-likeness (QED) is 0.147. The SMILES string of the molecule is CCCCCCCCCNC(=NC)NCCN1C(=O)CNC1=O.I. The van der Waals surface area contributed by atoms with E-state index in [1.54, 1.807) is 7.05 Å². The van der Waals surface area contributed by atoms with Crippen LogP contribution in [-0.4, -0.2) is 56.0 Å². The lowest BCUT2D eigenvalue weighted by atomic mass is 10.1. The van der Waals surface area contributed by atoms with Crippen molar-refractivity contribution in [2.45, 2.75) is 51.9 Å². The van der Waals surface area contributed by atoms with E-state index in [9.17, 15) is 9.59 Å². The van der Waals surface area contributed by atoms with Crippen LogP contribution in [0.4, 0.5) is 4.79 Å². The van der Waals surface area contributed by atoms with Crippen molar-refractivity contribution in [1.82, 2.24) is 20.9 Å². The number of amides is 3. The Labute approximate surface area is 162 Å². The van der Waals surface area contributed by atoms with Gasteiger partial charge in [0.25, 0.3) is 0 Å². The Morgan fingerprint density at radius 1 is 1.08 bits per heavy atom. The lowest BCUT2D eigenvalue weighted by Crippen LogP contribution is -2.43. The van der Waals surface area contributed by atoms with E-state index in [-0.39, 0.29) is 42.5 Å². The van der Waals surface area contributed by atoms with Gasteiger partial charge in [-0.2, -0.15) is 0 Å². The van der Waals surface area contributed by atoms with Gasteiger partial charge in [-0.15, -0.1) is 24.0 Å². The van der Waals surface area contributed by atoms with E-state index >= 15 is 0 Å². The molecule has 1 aliphatic rings. The number of hydrogen-bond donors (Lipinski definition) is 3. The van der Waals surface area contributed by atoms with Crippen molar-refractivity contribution < 1.29 is 9.59 Å². The molecular formula is C16H32IN5O2. The van der Waals surface area contributed by atoms with Crippen molar-refractivity contribution >= 4 is 41.9 Å². The Kier molecular flexibility index (Phi) is 13.7. The van der Waals surface area contributed by atoms with Crippen LogP contribution in [0.2, 0.25) is 0 Å². The summed E-state index contributed by atoms with van der Waals surface area (Å²) in [6, 6.07) is -0.317. The van der Waals surface area contributed by atoms with E-state index in [4.69, 9.17) is 0 Å². The highest BCUT2D eigenvalue weighted by atomic mass is 127. The highest BCUT2D eigenvalue weighted by Crippen LogP contribution is 2.06. The van der Waals surface area contributed by atoms with Gasteiger partial charge in [0.05, 0.1) is 6.54 Å². The number of guanidine groups is 1. The van der Waals surface area contributed by atoms with Crippen LogP contribution < -0.4 is 16.0 Å². The minimum atomic E-state index is -0.317. The maximum atomic E-state index is 11.4.